The fourth-order valence-electron chi connectivity index (χ4n) is 10.2. The number of ether oxygens (including phenoxy) is 3. The van der Waals surface area contributed by atoms with Crippen LogP contribution in [0.3, 0.4) is 0 Å². The van der Waals surface area contributed by atoms with Crippen LogP contribution >= 0.6 is 23.2 Å². The fourth-order valence-corrected chi connectivity index (χ4v) is 10.6. The third-order valence-electron chi connectivity index (χ3n) is 12.8. The SMILES string of the molecule is COc1ccc(OC)c(C=Cc2ccc(N3C(=O)[C@H]4[C@H](CC=C5[C@H]4C[C@H]4C(=O)N(c6cccc(Cl)c6)C(=O)[C@@]4(c4ccccc4)[C@H]5c4cc(Cl)c(O)c(OC)c4)C3=O)cc2)c1. The molecule has 9 rings (SSSR count). The molecule has 0 bridgehead atoms. The minimum absolute atomic E-state index is 0.00629. The van der Waals surface area contributed by atoms with E-state index < -0.39 is 46.8 Å². The van der Waals surface area contributed by atoms with E-state index in [0.29, 0.717) is 39.0 Å². The van der Waals surface area contributed by atoms with Crippen molar-refractivity contribution in [3.63, 3.8) is 0 Å². The number of hydrogen-bond donors (Lipinski definition) is 1. The van der Waals surface area contributed by atoms with Gasteiger partial charge in [0.05, 0.1) is 60.9 Å². The van der Waals surface area contributed by atoms with Crippen LogP contribution in [-0.4, -0.2) is 50.1 Å². The van der Waals surface area contributed by atoms with Crippen LogP contribution in [0.4, 0.5) is 11.4 Å². The molecule has 4 amide bonds. The van der Waals surface area contributed by atoms with Gasteiger partial charge in [-0.2, -0.15) is 0 Å². The van der Waals surface area contributed by atoms with Gasteiger partial charge < -0.3 is 19.3 Å². The molecule has 6 atom stereocenters. The van der Waals surface area contributed by atoms with Crippen LogP contribution in [0.2, 0.25) is 10.0 Å². The number of imide groups is 2. The number of phenols is 1. The number of fused-ring (bicyclic) bond motifs is 4. The van der Waals surface area contributed by atoms with E-state index in [1.165, 1.54) is 16.9 Å². The molecular formula is C49H40Cl2N2O8. The number of carbonyl (C=O) groups excluding carboxylic acids is 4. The van der Waals surface area contributed by atoms with E-state index in [1.807, 2.05) is 78.9 Å². The highest BCUT2D eigenvalue weighted by Gasteiger charge is 2.70. The summed E-state index contributed by atoms with van der Waals surface area (Å²) in [5, 5.41) is 11.2. The Bertz CT molecular complexity index is 2680. The Morgan fingerprint density at radius 1 is 0.705 bits per heavy atom. The zero-order valence-corrected chi connectivity index (χ0v) is 34.9. The van der Waals surface area contributed by atoms with Gasteiger partial charge in [0.25, 0.3) is 0 Å². The molecule has 0 unspecified atom stereocenters. The molecule has 2 aliphatic heterocycles. The van der Waals surface area contributed by atoms with E-state index >= 15 is 9.59 Å². The van der Waals surface area contributed by atoms with Crippen LogP contribution in [0.25, 0.3) is 12.2 Å². The minimum Gasteiger partial charge on any atom is -0.503 e. The summed E-state index contributed by atoms with van der Waals surface area (Å²) in [5.74, 6) is -4.38. The summed E-state index contributed by atoms with van der Waals surface area (Å²) >= 11 is 13.1. The maximum Gasteiger partial charge on any atom is 0.246 e. The van der Waals surface area contributed by atoms with Crippen molar-refractivity contribution in [1.29, 1.82) is 0 Å². The second kappa shape index (κ2) is 15.6. The quantitative estimate of drug-likeness (QED) is 0.0885. The third kappa shape index (κ3) is 6.30. The third-order valence-corrected chi connectivity index (χ3v) is 13.3. The number of aromatic hydroxyl groups is 1. The second-order valence-electron chi connectivity index (χ2n) is 15.7. The standard InChI is InChI=1S/C49H40Cl2N2O8/c1-59-34-18-21-40(60-2)28(22-34)15-12-27-13-16-32(17-14-27)52-45(55)36-20-19-35-37(42(36)47(52)57)26-38-46(56)53(33-11-7-10-31(50)25-33)48(58)49(38,30-8-5-4-6-9-30)43(35)29-23-39(51)44(54)41(24-29)61-3/h4-19,21-25,36-38,42-43,54H,20,26H2,1-3H3/t36-,37+,38-,42-,43-,49+/m0/s1. The highest BCUT2D eigenvalue weighted by molar-refractivity contribution is 6.33. The molecule has 2 aliphatic carbocycles. The molecule has 2 saturated heterocycles. The van der Waals surface area contributed by atoms with Crippen LogP contribution < -0.4 is 24.0 Å². The largest absolute Gasteiger partial charge is 0.503 e. The number of rotatable bonds is 9. The average Bonchev–Trinajstić information content (AvgIpc) is 3.67. The molecule has 5 aromatic carbocycles. The predicted molar refractivity (Wildman–Crippen MR) is 233 cm³/mol. The summed E-state index contributed by atoms with van der Waals surface area (Å²) in [5.41, 5.74) is 2.74. The van der Waals surface area contributed by atoms with Crippen LogP contribution in [0.5, 0.6) is 23.0 Å². The summed E-state index contributed by atoms with van der Waals surface area (Å²) in [6.45, 7) is 0. The van der Waals surface area contributed by atoms with E-state index in [4.69, 9.17) is 37.4 Å². The first-order valence-corrected chi connectivity index (χ1v) is 20.6. The average molecular weight is 856 g/mol. The number of carbonyl (C=O) groups is 4. The Balaban J connectivity index is 1.14. The van der Waals surface area contributed by atoms with E-state index in [1.54, 1.807) is 62.8 Å². The van der Waals surface area contributed by atoms with Gasteiger partial charge in [-0.1, -0.05) is 95.5 Å². The Kier molecular flexibility index (Phi) is 10.2. The van der Waals surface area contributed by atoms with Crippen molar-refractivity contribution >= 4 is 70.4 Å². The lowest BCUT2D eigenvalue weighted by Gasteiger charge is -2.50. The first kappa shape index (κ1) is 40.1. The van der Waals surface area contributed by atoms with Crippen LogP contribution in [0, 0.1) is 23.7 Å². The Hall–Kier alpha value is -6.36. The molecule has 4 aliphatic rings. The maximum atomic E-state index is 15.5. The van der Waals surface area contributed by atoms with Gasteiger partial charge in [0.15, 0.2) is 11.5 Å². The van der Waals surface area contributed by atoms with E-state index in [-0.39, 0.29) is 41.2 Å². The molecule has 61 heavy (non-hydrogen) atoms. The monoisotopic (exact) mass is 854 g/mol. The van der Waals surface area contributed by atoms with Crippen molar-refractivity contribution in [3.05, 3.63) is 153 Å². The first-order chi connectivity index (χ1) is 29.5. The highest BCUT2D eigenvalue weighted by Crippen LogP contribution is 2.65. The van der Waals surface area contributed by atoms with Crippen molar-refractivity contribution < 1.29 is 38.5 Å². The van der Waals surface area contributed by atoms with Gasteiger partial charge >= 0.3 is 0 Å². The number of anilines is 2. The molecule has 2 heterocycles. The number of phenolic OH excluding ortho intramolecular Hbond substituents is 1. The first-order valence-electron chi connectivity index (χ1n) is 19.9. The zero-order valence-electron chi connectivity index (χ0n) is 33.4. The van der Waals surface area contributed by atoms with Crippen LogP contribution in [0.1, 0.15) is 41.0 Å². The van der Waals surface area contributed by atoms with Gasteiger partial charge in [0.1, 0.15) is 11.5 Å². The number of halogens is 2. The Morgan fingerprint density at radius 2 is 1.46 bits per heavy atom. The summed E-state index contributed by atoms with van der Waals surface area (Å²) in [6.07, 6.45) is 6.13. The fraction of sp³-hybridized carbons (Fsp3) is 0.224. The molecule has 10 nitrogen and oxygen atoms in total. The van der Waals surface area contributed by atoms with Gasteiger partial charge in [0.2, 0.25) is 23.6 Å². The lowest BCUT2D eigenvalue weighted by atomic mass is 9.49. The lowest BCUT2D eigenvalue weighted by Crippen LogP contribution is -2.53. The van der Waals surface area contributed by atoms with Crippen molar-refractivity contribution in [1.82, 2.24) is 0 Å². The molecule has 12 heteroatoms. The molecular weight excluding hydrogens is 815 g/mol. The van der Waals surface area contributed by atoms with Crippen LogP contribution in [-0.2, 0) is 24.6 Å². The van der Waals surface area contributed by atoms with Gasteiger partial charge in [-0.05, 0) is 96.1 Å². The van der Waals surface area contributed by atoms with E-state index in [2.05, 4.69) is 0 Å². The molecule has 308 valence electrons. The number of allylic oxidation sites excluding steroid dienone is 2. The number of hydrogen-bond acceptors (Lipinski definition) is 8. The smallest absolute Gasteiger partial charge is 0.246 e. The molecule has 3 fully saturated rings. The zero-order chi connectivity index (χ0) is 42.7. The molecule has 0 aromatic heterocycles. The topological polar surface area (TPSA) is 123 Å². The van der Waals surface area contributed by atoms with Crippen molar-refractivity contribution in [2.45, 2.75) is 24.2 Å². The molecule has 5 aromatic rings. The minimum atomic E-state index is -1.52. The maximum absolute atomic E-state index is 15.5. The normalized spacial score (nSPS) is 24.4. The van der Waals surface area contributed by atoms with Crippen molar-refractivity contribution in [3.8, 4) is 23.0 Å². The Labute approximate surface area is 362 Å². The number of methoxy groups -OCH3 is 3. The van der Waals surface area contributed by atoms with Gasteiger partial charge in [-0.3, -0.25) is 24.1 Å². The van der Waals surface area contributed by atoms with Gasteiger partial charge in [-0.25, -0.2) is 4.90 Å². The van der Waals surface area contributed by atoms with Gasteiger partial charge in [0, 0.05) is 16.5 Å². The van der Waals surface area contributed by atoms with Crippen molar-refractivity contribution in [2.24, 2.45) is 23.7 Å². The molecule has 1 N–H and O–H groups in total. The number of benzene rings is 5. The summed E-state index contributed by atoms with van der Waals surface area (Å²) in [7, 11) is 4.60. The second-order valence-corrected chi connectivity index (χ2v) is 16.5. The van der Waals surface area contributed by atoms with E-state index in [0.717, 1.165) is 16.7 Å². The number of nitrogens with zero attached hydrogens (tertiary/aromatic N) is 2. The van der Waals surface area contributed by atoms with Crippen LogP contribution in [0.15, 0.2) is 121 Å². The Morgan fingerprint density at radius 3 is 2.16 bits per heavy atom. The molecule has 0 spiro atoms. The predicted octanol–water partition coefficient (Wildman–Crippen LogP) is 9.26. The summed E-state index contributed by atoms with van der Waals surface area (Å²) in [6, 6.07) is 31.7. The van der Waals surface area contributed by atoms with E-state index in [9.17, 15) is 14.7 Å². The van der Waals surface area contributed by atoms with Crippen molar-refractivity contribution in [2.75, 3.05) is 31.1 Å². The molecule has 0 radical (unpaired) electrons. The number of amides is 4. The summed E-state index contributed by atoms with van der Waals surface area (Å²) < 4.78 is 16.5. The molecule has 1 saturated carbocycles. The lowest BCUT2D eigenvalue weighted by molar-refractivity contribution is -0.127. The highest BCUT2D eigenvalue weighted by atomic mass is 35.5. The summed E-state index contributed by atoms with van der Waals surface area (Å²) in [4.78, 5) is 62.3. The van der Waals surface area contributed by atoms with Gasteiger partial charge in [-0.15, -0.1) is 0 Å².